The van der Waals surface area contributed by atoms with Crippen LogP contribution in [0.1, 0.15) is 69.8 Å². The monoisotopic (exact) mass is 498 g/mol. The second-order valence-electron chi connectivity index (χ2n) is 10.8. The normalized spacial score (nSPS) is 25.6. The Bertz CT molecular complexity index is 1090. The van der Waals surface area contributed by atoms with Crippen molar-refractivity contribution in [1.82, 2.24) is 4.98 Å². The van der Waals surface area contributed by atoms with Gasteiger partial charge in [0.25, 0.3) is 0 Å². The summed E-state index contributed by atoms with van der Waals surface area (Å²) in [5.74, 6) is 2.82. The number of nitrogens with zero attached hydrogens (tertiary/aromatic N) is 2. The molecule has 7 heteroatoms. The minimum absolute atomic E-state index is 0.0916. The van der Waals surface area contributed by atoms with Gasteiger partial charge in [-0.1, -0.05) is 31.7 Å². The van der Waals surface area contributed by atoms with Gasteiger partial charge in [0.15, 0.2) is 11.5 Å². The van der Waals surface area contributed by atoms with Gasteiger partial charge >= 0.3 is 6.11 Å². The fraction of sp³-hybridized carbons (Fsp3) is 0.586. The van der Waals surface area contributed by atoms with Gasteiger partial charge in [-0.15, -0.1) is 0 Å². The minimum atomic E-state index is -3.71. The van der Waals surface area contributed by atoms with Crippen LogP contribution in [0.3, 0.4) is 0 Å². The standard InChI is InChI=1S/C29H36F2N2O3/c1-19-4-12-25(32-17-19)24-11-13-26(36-29(30,31)18-34)27-28(24)35-14-2-3-23(33-27)10-9-21-6-5-20-7-8-22(15-20)16-21/h4,11-13,17,20-22,34H,2-3,5-10,14-16,18H2,1H3/b33-23+. The number of aryl methyl sites for hydroxylation is 1. The SMILES string of the molecule is Cc1ccc(-c2ccc(OC(F)(F)CO)c3c2OCCC/C(CCC2CCC4CCC(C2)C4)=N\3)nc1. The highest BCUT2D eigenvalue weighted by Crippen LogP contribution is 2.47. The van der Waals surface area contributed by atoms with Crippen LogP contribution in [0.25, 0.3) is 11.3 Å². The molecule has 36 heavy (non-hydrogen) atoms. The zero-order chi connectivity index (χ0) is 25.1. The van der Waals surface area contributed by atoms with Crippen molar-refractivity contribution in [2.75, 3.05) is 13.2 Å². The molecule has 1 N–H and O–H groups in total. The third-order valence-corrected chi connectivity index (χ3v) is 7.99. The number of ether oxygens (including phenoxy) is 2. The molecule has 2 bridgehead atoms. The lowest BCUT2D eigenvalue weighted by atomic mass is 9.86. The van der Waals surface area contributed by atoms with Gasteiger partial charge in [0.05, 0.1) is 12.3 Å². The summed E-state index contributed by atoms with van der Waals surface area (Å²) in [5, 5.41) is 9.11. The van der Waals surface area contributed by atoms with Gasteiger partial charge in [-0.05, 0) is 87.0 Å². The fourth-order valence-corrected chi connectivity index (χ4v) is 6.10. The van der Waals surface area contributed by atoms with Crippen molar-refractivity contribution in [3.8, 4) is 22.8 Å². The van der Waals surface area contributed by atoms with Gasteiger partial charge in [0.2, 0.25) is 0 Å². The first kappa shape index (κ1) is 25.1. The maximum Gasteiger partial charge on any atom is 0.421 e. The summed E-state index contributed by atoms with van der Waals surface area (Å²) in [4.78, 5) is 9.42. The number of aliphatic hydroxyl groups excluding tert-OH is 1. The van der Waals surface area contributed by atoms with Crippen molar-refractivity contribution in [3.63, 3.8) is 0 Å². The average molecular weight is 499 g/mol. The van der Waals surface area contributed by atoms with E-state index in [0.717, 1.165) is 48.8 Å². The predicted molar refractivity (Wildman–Crippen MR) is 136 cm³/mol. The molecule has 1 aromatic carbocycles. The van der Waals surface area contributed by atoms with Gasteiger partial charge in [-0.25, -0.2) is 4.99 Å². The number of aromatic nitrogens is 1. The molecule has 2 aliphatic carbocycles. The van der Waals surface area contributed by atoms with E-state index >= 15 is 0 Å². The summed E-state index contributed by atoms with van der Waals surface area (Å²) in [6.45, 7) is 1.00. The first-order chi connectivity index (χ1) is 17.4. The number of alkyl halides is 2. The minimum Gasteiger partial charge on any atom is -0.490 e. The number of fused-ring (bicyclic) bond motifs is 3. The Morgan fingerprint density at radius 2 is 1.92 bits per heavy atom. The molecule has 5 rings (SSSR count). The van der Waals surface area contributed by atoms with Gasteiger partial charge in [-0.3, -0.25) is 4.98 Å². The molecule has 5 nitrogen and oxygen atoms in total. The molecule has 3 atom stereocenters. The summed E-state index contributed by atoms with van der Waals surface area (Å²) in [7, 11) is 0. The zero-order valence-electron chi connectivity index (χ0n) is 21.0. The number of aliphatic imine (C=N–C) groups is 1. The van der Waals surface area contributed by atoms with Gasteiger partial charge < -0.3 is 14.6 Å². The summed E-state index contributed by atoms with van der Waals surface area (Å²) >= 11 is 0. The van der Waals surface area contributed by atoms with E-state index in [4.69, 9.17) is 19.6 Å². The third kappa shape index (κ3) is 5.88. The summed E-state index contributed by atoms with van der Waals surface area (Å²) < 4.78 is 39.2. The molecule has 0 radical (unpaired) electrons. The number of pyridine rings is 1. The van der Waals surface area contributed by atoms with Crippen LogP contribution in [0.15, 0.2) is 35.5 Å². The molecule has 0 saturated heterocycles. The first-order valence-corrected chi connectivity index (χ1v) is 13.4. The second-order valence-corrected chi connectivity index (χ2v) is 10.8. The van der Waals surface area contributed by atoms with Crippen molar-refractivity contribution in [3.05, 3.63) is 36.0 Å². The summed E-state index contributed by atoms with van der Waals surface area (Å²) in [6, 6.07) is 7.00. The van der Waals surface area contributed by atoms with E-state index in [9.17, 15) is 8.78 Å². The Morgan fingerprint density at radius 3 is 2.72 bits per heavy atom. The number of hydrogen-bond donors (Lipinski definition) is 1. The highest BCUT2D eigenvalue weighted by molar-refractivity contribution is 5.91. The Labute approximate surface area is 212 Å². The first-order valence-electron chi connectivity index (χ1n) is 13.4. The van der Waals surface area contributed by atoms with Crippen molar-refractivity contribution < 1.29 is 23.4 Å². The molecule has 0 spiro atoms. The predicted octanol–water partition coefficient (Wildman–Crippen LogP) is 7.26. The van der Waals surface area contributed by atoms with Crippen LogP contribution in [-0.4, -0.2) is 35.1 Å². The molecule has 194 valence electrons. The third-order valence-electron chi connectivity index (χ3n) is 7.99. The molecule has 2 heterocycles. The Hall–Kier alpha value is -2.54. The lowest BCUT2D eigenvalue weighted by molar-refractivity contribution is -0.200. The number of halogens is 2. The van der Waals surface area contributed by atoms with Crippen LogP contribution >= 0.6 is 0 Å². The number of benzene rings is 1. The smallest absolute Gasteiger partial charge is 0.421 e. The van der Waals surface area contributed by atoms with Gasteiger partial charge in [0, 0.05) is 17.5 Å². The lowest BCUT2D eigenvalue weighted by Gasteiger charge is -2.23. The fourth-order valence-electron chi connectivity index (χ4n) is 6.10. The summed E-state index contributed by atoms with van der Waals surface area (Å²) in [5.41, 5.74) is 3.66. The van der Waals surface area contributed by atoms with Gasteiger partial charge in [0.1, 0.15) is 12.3 Å². The van der Waals surface area contributed by atoms with Gasteiger partial charge in [-0.2, -0.15) is 8.78 Å². The molecule has 1 aromatic heterocycles. The van der Waals surface area contributed by atoms with E-state index in [-0.39, 0.29) is 11.4 Å². The lowest BCUT2D eigenvalue weighted by Crippen LogP contribution is -2.29. The molecular weight excluding hydrogens is 462 g/mol. The van der Waals surface area contributed by atoms with Crippen LogP contribution in [0, 0.1) is 24.7 Å². The quantitative estimate of drug-likeness (QED) is 0.436. The molecule has 2 aromatic rings. The molecule has 0 amide bonds. The van der Waals surface area contributed by atoms with Crippen LogP contribution in [0.2, 0.25) is 0 Å². The molecule has 1 aliphatic heterocycles. The molecule has 3 unspecified atom stereocenters. The maximum absolute atomic E-state index is 14.1. The topological polar surface area (TPSA) is 63.9 Å². The second kappa shape index (κ2) is 10.8. The molecule has 2 saturated carbocycles. The summed E-state index contributed by atoms with van der Waals surface area (Å²) in [6.07, 6.45) is 9.68. The highest BCUT2D eigenvalue weighted by atomic mass is 19.3. The van der Waals surface area contributed by atoms with Crippen molar-refractivity contribution in [2.24, 2.45) is 22.7 Å². The Kier molecular flexibility index (Phi) is 7.56. The molecule has 3 aliphatic rings. The highest BCUT2D eigenvalue weighted by Gasteiger charge is 2.34. The van der Waals surface area contributed by atoms with Crippen molar-refractivity contribution in [1.29, 1.82) is 0 Å². The van der Waals surface area contributed by atoms with Crippen LogP contribution in [0.5, 0.6) is 11.5 Å². The van der Waals surface area contributed by atoms with Crippen molar-refractivity contribution in [2.45, 2.75) is 77.2 Å². The van der Waals surface area contributed by atoms with E-state index < -0.39 is 12.7 Å². The van der Waals surface area contributed by atoms with E-state index in [1.807, 2.05) is 19.1 Å². The number of aliphatic hydroxyl groups is 1. The van der Waals surface area contributed by atoms with Crippen LogP contribution in [0.4, 0.5) is 14.5 Å². The average Bonchev–Trinajstić information content (AvgIpc) is 3.19. The zero-order valence-corrected chi connectivity index (χ0v) is 21.0. The van der Waals surface area contributed by atoms with E-state index in [2.05, 4.69) is 4.98 Å². The van der Waals surface area contributed by atoms with E-state index in [1.54, 1.807) is 12.3 Å². The van der Waals surface area contributed by atoms with E-state index in [0.29, 0.717) is 29.5 Å². The number of rotatable bonds is 7. The molecule has 2 fully saturated rings. The molecular formula is C29H36F2N2O3. The Morgan fingerprint density at radius 1 is 1.08 bits per heavy atom. The Balaban J connectivity index is 1.46. The van der Waals surface area contributed by atoms with E-state index in [1.165, 1.54) is 44.6 Å². The maximum atomic E-state index is 14.1. The van der Waals surface area contributed by atoms with Crippen LogP contribution < -0.4 is 9.47 Å². The van der Waals surface area contributed by atoms with Crippen LogP contribution in [-0.2, 0) is 0 Å². The number of hydrogen-bond acceptors (Lipinski definition) is 5. The van der Waals surface area contributed by atoms with Crippen molar-refractivity contribution >= 4 is 11.4 Å². The largest absolute Gasteiger partial charge is 0.490 e.